The lowest BCUT2D eigenvalue weighted by atomic mass is 10.1. The Hall–Kier alpha value is -1.42. The molecule has 0 bridgehead atoms. The van der Waals surface area contributed by atoms with E-state index in [1.165, 1.54) is 13.2 Å². The molecule has 0 atom stereocenters. The van der Waals surface area contributed by atoms with Crippen LogP contribution in [0.5, 0.6) is 5.75 Å². The van der Waals surface area contributed by atoms with E-state index in [2.05, 4.69) is 20.9 Å². The van der Waals surface area contributed by atoms with Crippen LogP contribution < -0.4 is 4.74 Å². The largest absolute Gasteiger partial charge is 0.497 e. The molecule has 2 nitrogen and oxygen atoms in total. The van der Waals surface area contributed by atoms with E-state index in [0.29, 0.717) is 11.3 Å². The van der Waals surface area contributed by atoms with Crippen molar-refractivity contribution in [2.45, 2.75) is 0 Å². The maximum absolute atomic E-state index is 13.8. The first-order valence-electron chi connectivity index (χ1n) is 4.66. The lowest BCUT2D eigenvalue weighted by Gasteiger charge is -2.07. The Morgan fingerprint density at radius 3 is 2.69 bits per heavy atom. The van der Waals surface area contributed by atoms with E-state index in [4.69, 9.17) is 4.74 Å². The predicted molar refractivity (Wildman–Crippen MR) is 63.9 cm³/mol. The van der Waals surface area contributed by atoms with E-state index in [1.807, 2.05) is 0 Å². The lowest BCUT2D eigenvalue weighted by Crippen LogP contribution is -1.89. The second kappa shape index (κ2) is 4.61. The molecule has 0 unspecified atom stereocenters. The fraction of sp³-hybridized carbons (Fsp3) is 0.0833. The van der Waals surface area contributed by atoms with E-state index >= 15 is 0 Å². The summed E-state index contributed by atoms with van der Waals surface area (Å²) in [5.41, 5.74) is 1.30. The molecule has 16 heavy (non-hydrogen) atoms. The summed E-state index contributed by atoms with van der Waals surface area (Å²) < 4.78 is 19.5. The van der Waals surface area contributed by atoms with Crippen molar-refractivity contribution in [3.63, 3.8) is 0 Å². The van der Waals surface area contributed by atoms with Crippen LogP contribution >= 0.6 is 15.9 Å². The first-order chi connectivity index (χ1) is 7.72. The van der Waals surface area contributed by atoms with Crippen LogP contribution in [0.4, 0.5) is 4.39 Å². The predicted octanol–water partition coefficient (Wildman–Crippen LogP) is 3.66. The van der Waals surface area contributed by atoms with Crippen LogP contribution in [-0.4, -0.2) is 12.1 Å². The van der Waals surface area contributed by atoms with Crippen molar-refractivity contribution in [3.05, 3.63) is 46.9 Å². The van der Waals surface area contributed by atoms with E-state index in [-0.39, 0.29) is 5.82 Å². The second-order valence-corrected chi connectivity index (χ2v) is 4.06. The summed E-state index contributed by atoms with van der Waals surface area (Å²) in [5.74, 6) is 0.192. The highest BCUT2D eigenvalue weighted by Crippen LogP contribution is 2.30. The van der Waals surface area contributed by atoms with E-state index in [9.17, 15) is 4.39 Å². The maximum atomic E-state index is 13.8. The first-order valence-corrected chi connectivity index (χ1v) is 5.45. The Labute approximate surface area is 101 Å². The van der Waals surface area contributed by atoms with Gasteiger partial charge in [-0.25, -0.2) is 4.39 Å². The average molecular weight is 282 g/mol. The van der Waals surface area contributed by atoms with Gasteiger partial charge in [0.2, 0.25) is 0 Å². The Morgan fingerprint density at radius 1 is 1.25 bits per heavy atom. The molecule has 2 rings (SSSR count). The maximum Gasteiger partial charge on any atom is 0.134 e. The van der Waals surface area contributed by atoms with Gasteiger partial charge in [0, 0.05) is 34.1 Å². The van der Waals surface area contributed by atoms with Crippen molar-refractivity contribution in [1.82, 2.24) is 4.98 Å². The molecule has 82 valence electrons. The van der Waals surface area contributed by atoms with Gasteiger partial charge in [0.15, 0.2) is 0 Å². The van der Waals surface area contributed by atoms with Gasteiger partial charge < -0.3 is 4.74 Å². The smallest absolute Gasteiger partial charge is 0.134 e. The molecule has 0 aliphatic rings. The second-order valence-electron chi connectivity index (χ2n) is 3.20. The molecule has 0 amide bonds. The molecule has 0 aliphatic heterocycles. The van der Waals surface area contributed by atoms with Gasteiger partial charge in [0.05, 0.1) is 7.11 Å². The minimum absolute atomic E-state index is 0.314. The number of aromatic nitrogens is 1. The molecule has 0 radical (unpaired) electrons. The van der Waals surface area contributed by atoms with Crippen LogP contribution in [0.15, 0.2) is 41.1 Å². The highest BCUT2D eigenvalue weighted by atomic mass is 79.9. The lowest BCUT2D eigenvalue weighted by molar-refractivity contribution is 0.411. The van der Waals surface area contributed by atoms with Crippen molar-refractivity contribution in [2.75, 3.05) is 7.11 Å². The van der Waals surface area contributed by atoms with E-state index < -0.39 is 0 Å². The molecule has 1 aromatic heterocycles. The summed E-state index contributed by atoms with van der Waals surface area (Å²) >= 11 is 3.34. The standard InChI is InChI=1S/C12H9BrFNO/c1-16-8-2-3-10(12(14)6-8)9-4-5-15-7-11(9)13/h2-7H,1H3. The summed E-state index contributed by atoms with van der Waals surface area (Å²) in [5, 5.41) is 0. The third kappa shape index (κ3) is 2.07. The number of nitrogens with zero attached hydrogens (tertiary/aromatic N) is 1. The van der Waals surface area contributed by atoms with Crippen molar-refractivity contribution >= 4 is 15.9 Å². The third-order valence-corrected chi connectivity index (χ3v) is 2.87. The number of methoxy groups -OCH3 is 1. The van der Waals surface area contributed by atoms with Crippen LogP contribution in [0.25, 0.3) is 11.1 Å². The zero-order valence-corrected chi connectivity index (χ0v) is 10.2. The monoisotopic (exact) mass is 281 g/mol. The Balaban J connectivity index is 2.53. The number of hydrogen-bond acceptors (Lipinski definition) is 2. The minimum atomic E-state index is -0.314. The molecular formula is C12H9BrFNO. The molecule has 4 heteroatoms. The van der Waals surface area contributed by atoms with Gasteiger partial charge >= 0.3 is 0 Å². The molecule has 0 spiro atoms. The first kappa shape index (κ1) is 11.1. The van der Waals surface area contributed by atoms with Gasteiger partial charge in [-0.1, -0.05) is 0 Å². The summed E-state index contributed by atoms with van der Waals surface area (Å²) in [4.78, 5) is 3.94. The fourth-order valence-corrected chi connectivity index (χ4v) is 1.90. The number of ether oxygens (including phenoxy) is 1. The van der Waals surface area contributed by atoms with Crippen LogP contribution in [0, 0.1) is 5.82 Å². The molecule has 0 fully saturated rings. The van der Waals surface area contributed by atoms with Crippen LogP contribution in [0.1, 0.15) is 0 Å². The number of pyridine rings is 1. The van der Waals surface area contributed by atoms with Crippen molar-refractivity contribution in [1.29, 1.82) is 0 Å². The molecule has 1 heterocycles. The fourth-order valence-electron chi connectivity index (χ4n) is 1.43. The third-order valence-electron chi connectivity index (χ3n) is 2.24. The Morgan fingerprint density at radius 2 is 2.06 bits per heavy atom. The van der Waals surface area contributed by atoms with Crippen molar-refractivity contribution in [2.24, 2.45) is 0 Å². The molecule has 0 aliphatic carbocycles. The number of halogens is 2. The van der Waals surface area contributed by atoms with Crippen molar-refractivity contribution in [3.8, 4) is 16.9 Å². The zero-order chi connectivity index (χ0) is 11.5. The highest BCUT2D eigenvalue weighted by molar-refractivity contribution is 9.10. The van der Waals surface area contributed by atoms with E-state index in [0.717, 1.165) is 10.0 Å². The number of rotatable bonds is 2. The Kier molecular flexibility index (Phi) is 3.19. The summed E-state index contributed by atoms with van der Waals surface area (Å²) in [7, 11) is 1.51. The van der Waals surface area contributed by atoms with Gasteiger partial charge in [0.1, 0.15) is 11.6 Å². The highest BCUT2D eigenvalue weighted by Gasteiger charge is 2.09. The van der Waals surface area contributed by atoms with Gasteiger partial charge in [-0.05, 0) is 34.1 Å². The van der Waals surface area contributed by atoms with Gasteiger partial charge in [-0.2, -0.15) is 0 Å². The van der Waals surface area contributed by atoms with E-state index in [1.54, 1.807) is 30.6 Å². The molecule has 0 saturated carbocycles. The zero-order valence-electron chi connectivity index (χ0n) is 8.58. The SMILES string of the molecule is COc1ccc(-c2ccncc2Br)c(F)c1. The van der Waals surface area contributed by atoms with Gasteiger partial charge in [0.25, 0.3) is 0 Å². The average Bonchev–Trinajstić information content (AvgIpc) is 2.30. The quantitative estimate of drug-likeness (QED) is 0.838. The summed E-state index contributed by atoms with van der Waals surface area (Å²) in [6.45, 7) is 0. The molecule has 1 aromatic carbocycles. The number of hydrogen-bond donors (Lipinski definition) is 0. The molecule has 0 N–H and O–H groups in total. The summed E-state index contributed by atoms with van der Waals surface area (Å²) in [6.07, 6.45) is 3.27. The molecule has 0 saturated heterocycles. The molecular weight excluding hydrogens is 273 g/mol. The Bertz CT molecular complexity index is 516. The van der Waals surface area contributed by atoms with Crippen LogP contribution in [0.3, 0.4) is 0 Å². The molecule has 2 aromatic rings. The summed E-state index contributed by atoms with van der Waals surface area (Å²) in [6, 6.07) is 6.54. The topological polar surface area (TPSA) is 22.1 Å². The van der Waals surface area contributed by atoms with Crippen LogP contribution in [0.2, 0.25) is 0 Å². The normalized spacial score (nSPS) is 10.2. The van der Waals surface area contributed by atoms with Gasteiger partial charge in [-0.15, -0.1) is 0 Å². The minimum Gasteiger partial charge on any atom is -0.497 e. The van der Waals surface area contributed by atoms with Crippen molar-refractivity contribution < 1.29 is 9.13 Å². The van der Waals surface area contributed by atoms with Gasteiger partial charge in [-0.3, -0.25) is 4.98 Å². The van der Waals surface area contributed by atoms with Crippen LogP contribution in [-0.2, 0) is 0 Å². The number of benzene rings is 1.